The fourth-order valence-electron chi connectivity index (χ4n) is 2.89. The lowest BCUT2D eigenvalue weighted by molar-refractivity contribution is 0.414. The SMILES string of the molecule is CC/C(=C\N=C(c1ccccc1OC)C1CC1)c1ccc(C)cc1. The van der Waals surface area contributed by atoms with Gasteiger partial charge in [-0.2, -0.15) is 0 Å². The Morgan fingerprint density at radius 1 is 1.12 bits per heavy atom. The van der Waals surface area contributed by atoms with Gasteiger partial charge < -0.3 is 4.74 Å². The number of ether oxygens (including phenoxy) is 1. The summed E-state index contributed by atoms with van der Waals surface area (Å²) >= 11 is 0. The van der Waals surface area contributed by atoms with E-state index in [0.29, 0.717) is 5.92 Å². The average molecular weight is 319 g/mol. The van der Waals surface area contributed by atoms with Gasteiger partial charge in [-0.25, -0.2) is 0 Å². The van der Waals surface area contributed by atoms with E-state index < -0.39 is 0 Å². The van der Waals surface area contributed by atoms with Crippen LogP contribution in [0.15, 0.2) is 59.7 Å². The molecule has 124 valence electrons. The number of aryl methyl sites for hydroxylation is 1. The zero-order valence-electron chi connectivity index (χ0n) is 14.8. The molecule has 1 fully saturated rings. The predicted octanol–water partition coefficient (Wildman–Crippen LogP) is 5.65. The van der Waals surface area contributed by atoms with Gasteiger partial charge >= 0.3 is 0 Å². The second kappa shape index (κ2) is 7.48. The molecule has 2 heteroatoms. The predicted molar refractivity (Wildman–Crippen MR) is 102 cm³/mol. The van der Waals surface area contributed by atoms with Gasteiger partial charge in [0.2, 0.25) is 0 Å². The first-order chi connectivity index (χ1) is 11.7. The molecule has 0 saturated heterocycles. The first-order valence-electron chi connectivity index (χ1n) is 8.70. The van der Waals surface area contributed by atoms with Crippen molar-refractivity contribution in [1.82, 2.24) is 0 Å². The summed E-state index contributed by atoms with van der Waals surface area (Å²) in [5, 5.41) is 0. The molecule has 0 heterocycles. The van der Waals surface area contributed by atoms with Crippen molar-refractivity contribution in [3.63, 3.8) is 0 Å². The largest absolute Gasteiger partial charge is 0.496 e. The van der Waals surface area contributed by atoms with E-state index in [1.165, 1.54) is 29.5 Å². The van der Waals surface area contributed by atoms with Crippen LogP contribution in [0.2, 0.25) is 0 Å². The van der Waals surface area contributed by atoms with Gasteiger partial charge in [-0.15, -0.1) is 0 Å². The van der Waals surface area contributed by atoms with Gasteiger partial charge in [-0.1, -0.05) is 48.9 Å². The number of hydrogen-bond acceptors (Lipinski definition) is 2. The third-order valence-electron chi connectivity index (χ3n) is 4.51. The molecule has 0 aromatic heterocycles. The van der Waals surface area contributed by atoms with E-state index >= 15 is 0 Å². The summed E-state index contributed by atoms with van der Waals surface area (Å²) in [6.45, 7) is 4.30. The normalized spacial score (nSPS) is 15.5. The van der Waals surface area contributed by atoms with Crippen molar-refractivity contribution in [1.29, 1.82) is 0 Å². The Morgan fingerprint density at radius 2 is 1.83 bits per heavy atom. The molecule has 0 aliphatic heterocycles. The fourth-order valence-corrected chi connectivity index (χ4v) is 2.89. The molecule has 0 radical (unpaired) electrons. The molecule has 1 aliphatic carbocycles. The summed E-state index contributed by atoms with van der Waals surface area (Å²) in [6.07, 6.45) is 5.45. The lowest BCUT2D eigenvalue weighted by Crippen LogP contribution is -2.05. The van der Waals surface area contributed by atoms with Crippen molar-refractivity contribution in [3.05, 3.63) is 71.4 Å². The summed E-state index contributed by atoms with van der Waals surface area (Å²) in [5.74, 6) is 1.47. The van der Waals surface area contributed by atoms with Gasteiger partial charge in [0.05, 0.1) is 12.8 Å². The zero-order valence-corrected chi connectivity index (χ0v) is 14.8. The number of aliphatic imine (C=N–C) groups is 1. The Morgan fingerprint density at radius 3 is 2.46 bits per heavy atom. The highest BCUT2D eigenvalue weighted by molar-refractivity contribution is 6.06. The van der Waals surface area contributed by atoms with Crippen LogP contribution in [0.1, 0.15) is 42.9 Å². The van der Waals surface area contributed by atoms with Crippen LogP contribution < -0.4 is 4.74 Å². The molecule has 1 saturated carbocycles. The van der Waals surface area contributed by atoms with E-state index in [1.807, 2.05) is 18.3 Å². The van der Waals surface area contributed by atoms with Crippen LogP contribution in [-0.4, -0.2) is 12.8 Å². The van der Waals surface area contributed by atoms with Crippen molar-refractivity contribution in [2.75, 3.05) is 7.11 Å². The Labute approximate surface area is 144 Å². The molecule has 1 aliphatic rings. The monoisotopic (exact) mass is 319 g/mol. The Balaban J connectivity index is 1.97. The van der Waals surface area contributed by atoms with E-state index in [-0.39, 0.29) is 0 Å². The number of hydrogen-bond donors (Lipinski definition) is 0. The van der Waals surface area contributed by atoms with Crippen LogP contribution in [0.3, 0.4) is 0 Å². The minimum absolute atomic E-state index is 0.564. The molecule has 0 spiro atoms. The molecule has 0 N–H and O–H groups in total. The summed E-state index contributed by atoms with van der Waals surface area (Å²) in [6, 6.07) is 16.9. The van der Waals surface area contributed by atoms with Crippen molar-refractivity contribution in [3.8, 4) is 5.75 Å². The molecule has 0 atom stereocenters. The maximum atomic E-state index is 5.53. The molecular weight excluding hydrogens is 294 g/mol. The van der Waals surface area contributed by atoms with Crippen molar-refractivity contribution < 1.29 is 4.74 Å². The summed E-state index contributed by atoms with van der Waals surface area (Å²) in [7, 11) is 1.73. The molecule has 2 aromatic rings. The molecule has 2 aromatic carbocycles. The average Bonchev–Trinajstić information content (AvgIpc) is 3.45. The van der Waals surface area contributed by atoms with Crippen LogP contribution in [0.4, 0.5) is 0 Å². The highest BCUT2D eigenvalue weighted by Gasteiger charge is 2.29. The minimum Gasteiger partial charge on any atom is -0.496 e. The quantitative estimate of drug-likeness (QED) is 0.630. The number of rotatable bonds is 6. The van der Waals surface area contributed by atoms with Gasteiger partial charge in [-0.05, 0) is 49.5 Å². The van der Waals surface area contributed by atoms with Gasteiger partial charge in [0.1, 0.15) is 5.75 Å². The van der Waals surface area contributed by atoms with Crippen LogP contribution in [0.5, 0.6) is 5.75 Å². The number of para-hydroxylation sites is 1. The first kappa shape index (κ1) is 16.5. The van der Waals surface area contributed by atoms with E-state index in [1.54, 1.807) is 7.11 Å². The van der Waals surface area contributed by atoms with Gasteiger partial charge in [-0.3, -0.25) is 4.99 Å². The highest BCUT2D eigenvalue weighted by atomic mass is 16.5. The lowest BCUT2D eigenvalue weighted by Gasteiger charge is -2.10. The molecular formula is C22H25NO. The Hall–Kier alpha value is -2.35. The zero-order chi connectivity index (χ0) is 16.9. The lowest BCUT2D eigenvalue weighted by atomic mass is 10.0. The van der Waals surface area contributed by atoms with E-state index in [9.17, 15) is 0 Å². The van der Waals surface area contributed by atoms with E-state index in [0.717, 1.165) is 23.4 Å². The molecule has 24 heavy (non-hydrogen) atoms. The van der Waals surface area contributed by atoms with E-state index in [4.69, 9.17) is 9.73 Å². The molecule has 2 nitrogen and oxygen atoms in total. The van der Waals surface area contributed by atoms with Crippen molar-refractivity contribution in [2.45, 2.75) is 33.1 Å². The van der Waals surface area contributed by atoms with Gasteiger partial charge in [0, 0.05) is 17.7 Å². The first-order valence-corrected chi connectivity index (χ1v) is 8.70. The van der Waals surface area contributed by atoms with Crippen molar-refractivity contribution in [2.24, 2.45) is 10.9 Å². The molecule has 0 amide bonds. The topological polar surface area (TPSA) is 21.6 Å². The number of nitrogens with zero attached hydrogens (tertiary/aromatic N) is 1. The van der Waals surface area contributed by atoms with Crippen LogP contribution in [0.25, 0.3) is 5.57 Å². The summed E-state index contributed by atoms with van der Waals surface area (Å²) in [4.78, 5) is 4.91. The number of benzene rings is 2. The second-order valence-electron chi connectivity index (χ2n) is 6.36. The van der Waals surface area contributed by atoms with Crippen LogP contribution in [0, 0.1) is 12.8 Å². The molecule has 3 rings (SSSR count). The smallest absolute Gasteiger partial charge is 0.127 e. The molecule has 0 unspecified atom stereocenters. The summed E-state index contributed by atoms with van der Waals surface area (Å²) in [5.41, 5.74) is 6.08. The minimum atomic E-state index is 0.564. The number of methoxy groups -OCH3 is 1. The number of allylic oxidation sites excluding steroid dienone is 1. The van der Waals surface area contributed by atoms with Crippen molar-refractivity contribution >= 4 is 11.3 Å². The van der Waals surface area contributed by atoms with Gasteiger partial charge in [0.25, 0.3) is 0 Å². The molecule has 0 bridgehead atoms. The maximum absolute atomic E-state index is 5.53. The summed E-state index contributed by atoms with van der Waals surface area (Å²) < 4.78 is 5.53. The third-order valence-corrected chi connectivity index (χ3v) is 4.51. The standard InChI is InChI=1S/C22H25NO/c1-4-17(18-11-9-16(2)10-12-18)15-23-22(19-13-14-19)20-7-5-6-8-21(20)24-3/h5-12,15,19H,4,13-14H2,1-3H3/b17-15+,23-22?. The van der Waals surface area contributed by atoms with Crippen LogP contribution >= 0.6 is 0 Å². The van der Waals surface area contributed by atoms with Gasteiger partial charge in [0.15, 0.2) is 0 Å². The third kappa shape index (κ3) is 3.76. The fraction of sp³-hybridized carbons (Fsp3) is 0.318. The van der Waals surface area contributed by atoms with E-state index in [2.05, 4.69) is 50.2 Å². The Bertz CT molecular complexity index is 752. The maximum Gasteiger partial charge on any atom is 0.127 e. The Kier molecular flexibility index (Phi) is 5.14. The highest BCUT2D eigenvalue weighted by Crippen LogP contribution is 2.36. The second-order valence-corrected chi connectivity index (χ2v) is 6.36. The van der Waals surface area contributed by atoms with Crippen LogP contribution in [-0.2, 0) is 0 Å².